The van der Waals surface area contributed by atoms with Crippen LogP contribution in [0, 0.1) is 11.3 Å². The van der Waals surface area contributed by atoms with E-state index in [4.69, 9.17) is 5.11 Å². The first-order valence-electron chi connectivity index (χ1n) is 9.38. The average Bonchev–Trinajstić information content (AvgIpc) is 3.21. The normalized spacial score (nSPS) is 19.2. The SMILES string of the molecule is N#CC1=C(N2CCCC2)C=CC(c2ccnc(Nc3ccc(CO)nc3)n2)[I-]N1. The molecule has 0 aliphatic carbocycles. The monoisotopic (exact) mass is 502 g/mol. The van der Waals surface area contributed by atoms with Crippen molar-refractivity contribution < 1.29 is 26.6 Å². The van der Waals surface area contributed by atoms with E-state index in [0.29, 0.717) is 17.3 Å². The van der Waals surface area contributed by atoms with Gasteiger partial charge in [0, 0.05) is 0 Å². The maximum atomic E-state index is 9.58. The number of anilines is 2. The van der Waals surface area contributed by atoms with Crippen LogP contribution in [0.2, 0.25) is 0 Å². The number of rotatable bonds is 5. The first-order chi connectivity index (χ1) is 14.3. The van der Waals surface area contributed by atoms with Crippen LogP contribution in [0.5, 0.6) is 0 Å². The zero-order valence-corrected chi connectivity index (χ0v) is 17.9. The third-order valence-corrected chi connectivity index (χ3v) is 7.28. The molecule has 0 spiro atoms. The molecular formula is C20H21IN7O-. The van der Waals surface area contributed by atoms with Gasteiger partial charge in [0.05, 0.1) is 0 Å². The average molecular weight is 502 g/mol. The number of alkyl halides is 1. The van der Waals surface area contributed by atoms with Crippen molar-refractivity contribution in [2.45, 2.75) is 23.4 Å². The van der Waals surface area contributed by atoms with Crippen LogP contribution in [-0.2, 0) is 6.61 Å². The van der Waals surface area contributed by atoms with Crippen LogP contribution in [0.15, 0.2) is 54.1 Å². The first kappa shape index (κ1) is 19.6. The van der Waals surface area contributed by atoms with Gasteiger partial charge < -0.3 is 0 Å². The summed E-state index contributed by atoms with van der Waals surface area (Å²) in [5.74, 6) is 0.496. The predicted molar refractivity (Wildman–Crippen MR) is 104 cm³/mol. The molecule has 9 heteroatoms. The van der Waals surface area contributed by atoms with Crippen LogP contribution < -0.4 is 30.3 Å². The molecule has 0 saturated carbocycles. The van der Waals surface area contributed by atoms with Gasteiger partial charge in [-0.05, 0) is 0 Å². The summed E-state index contributed by atoms with van der Waals surface area (Å²) in [6.45, 7) is 1.91. The molecule has 4 heterocycles. The molecule has 0 amide bonds. The Morgan fingerprint density at radius 1 is 1.28 bits per heavy atom. The second-order valence-electron chi connectivity index (χ2n) is 6.66. The Labute approximate surface area is 180 Å². The summed E-state index contributed by atoms with van der Waals surface area (Å²) in [5, 5.41) is 21.8. The fraction of sp³-hybridized carbons (Fsp3) is 0.300. The zero-order valence-electron chi connectivity index (χ0n) is 15.7. The number of hydrogen-bond acceptors (Lipinski definition) is 8. The van der Waals surface area contributed by atoms with Crippen molar-refractivity contribution in [1.82, 2.24) is 23.4 Å². The molecule has 1 atom stereocenters. The first-order valence-corrected chi connectivity index (χ1v) is 11.7. The van der Waals surface area contributed by atoms with Crippen molar-refractivity contribution in [3.8, 4) is 6.07 Å². The molecule has 2 aromatic heterocycles. The van der Waals surface area contributed by atoms with Gasteiger partial charge in [-0.1, -0.05) is 0 Å². The Bertz CT molecular complexity index is 962. The Morgan fingerprint density at radius 3 is 2.86 bits per heavy atom. The molecule has 4 rings (SSSR count). The Morgan fingerprint density at radius 2 is 2.14 bits per heavy atom. The molecule has 1 unspecified atom stereocenters. The summed E-state index contributed by atoms with van der Waals surface area (Å²) in [6, 6.07) is 7.84. The van der Waals surface area contributed by atoms with Crippen LogP contribution in [0.1, 0.15) is 28.2 Å². The van der Waals surface area contributed by atoms with E-state index < -0.39 is 21.5 Å². The summed E-state index contributed by atoms with van der Waals surface area (Å²) in [5.41, 5.74) is 3.95. The van der Waals surface area contributed by atoms with Gasteiger partial charge in [0.1, 0.15) is 0 Å². The van der Waals surface area contributed by atoms with E-state index in [1.54, 1.807) is 18.5 Å². The fourth-order valence-corrected chi connectivity index (χ4v) is 5.34. The Hall–Kier alpha value is -2.71. The molecule has 2 aliphatic heterocycles. The van der Waals surface area contributed by atoms with Crippen molar-refractivity contribution >= 4 is 11.6 Å². The number of allylic oxidation sites excluding steroid dienone is 3. The summed E-state index contributed by atoms with van der Waals surface area (Å²) < 4.78 is 3.53. The van der Waals surface area contributed by atoms with Gasteiger partial charge in [-0.25, -0.2) is 0 Å². The van der Waals surface area contributed by atoms with E-state index >= 15 is 0 Å². The number of hydrogen-bond donors (Lipinski definition) is 3. The maximum absolute atomic E-state index is 9.58. The number of aliphatic hydroxyl groups is 1. The minimum absolute atomic E-state index is 0.0882. The van der Waals surface area contributed by atoms with E-state index in [-0.39, 0.29) is 10.5 Å². The third-order valence-electron chi connectivity index (χ3n) is 4.71. The predicted octanol–water partition coefficient (Wildman–Crippen LogP) is -0.857. The van der Waals surface area contributed by atoms with Crippen LogP contribution in [0.4, 0.5) is 11.6 Å². The Balaban J connectivity index is 1.51. The number of aliphatic hydroxyl groups excluding tert-OH is 1. The van der Waals surface area contributed by atoms with E-state index in [9.17, 15) is 5.26 Å². The molecule has 2 aliphatic rings. The molecular weight excluding hydrogens is 481 g/mol. The fourth-order valence-electron chi connectivity index (χ4n) is 3.22. The number of aromatic nitrogens is 3. The van der Waals surface area contributed by atoms with E-state index in [1.165, 1.54) is 12.8 Å². The zero-order chi connectivity index (χ0) is 20.1. The third kappa shape index (κ3) is 4.65. The molecule has 29 heavy (non-hydrogen) atoms. The van der Waals surface area contributed by atoms with Gasteiger partial charge in [0.15, 0.2) is 0 Å². The second-order valence-corrected chi connectivity index (χ2v) is 9.16. The summed E-state index contributed by atoms with van der Waals surface area (Å²) in [6.07, 6.45) is 9.95. The molecule has 150 valence electrons. The molecule has 1 saturated heterocycles. The van der Waals surface area contributed by atoms with Gasteiger partial charge >= 0.3 is 180 Å². The van der Waals surface area contributed by atoms with Gasteiger partial charge in [0.2, 0.25) is 0 Å². The van der Waals surface area contributed by atoms with E-state index in [1.807, 2.05) is 12.1 Å². The van der Waals surface area contributed by atoms with Gasteiger partial charge in [-0.15, -0.1) is 0 Å². The molecule has 1 fully saturated rings. The van der Waals surface area contributed by atoms with E-state index in [0.717, 1.165) is 30.2 Å². The van der Waals surface area contributed by atoms with Crippen molar-refractivity contribution in [3.05, 3.63) is 65.5 Å². The number of pyridine rings is 1. The van der Waals surface area contributed by atoms with Crippen LogP contribution in [0.25, 0.3) is 0 Å². The molecule has 2 aromatic rings. The Kier molecular flexibility index (Phi) is 6.21. The van der Waals surface area contributed by atoms with Crippen molar-refractivity contribution in [2.24, 2.45) is 0 Å². The van der Waals surface area contributed by atoms with Crippen molar-refractivity contribution in [2.75, 3.05) is 18.4 Å². The minimum atomic E-state index is -0.529. The number of halogens is 1. The van der Waals surface area contributed by atoms with Crippen LogP contribution in [0.3, 0.4) is 0 Å². The summed E-state index contributed by atoms with van der Waals surface area (Å²) in [7, 11) is 0. The van der Waals surface area contributed by atoms with E-state index in [2.05, 4.69) is 46.9 Å². The number of nitriles is 1. The van der Waals surface area contributed by atoms with Gasteiger partial charge in [-0.2, -0.15) is 0 Å². The van der Waals surface area contributed by atoms with Crippen molar-refractivity contribution in [3.63, 3.8) is 0 Å². The second kappa shape index (κ2) is 9.19. The van der Waals surface area contributed by atoms with Crippen LogP contribution in [-0.4, -0.2) is 38.0 Å². The van der Waals surface area contributed by atoms with Crippen LogP contribution >= 0.6 is 0 Å². The quantitative estimate of drug-likeness (QED) is 0.276. The van der Waals surface area contributed by atoms with Gasteiger partial charge in [0.25, 0.3) is 0 Å². The number of nitrogens with one attached hydrogen (secondary N) is 2. The molecule has 0 bridgehead atoms. The molecule has 3 N–H and O–H groups in total. The molecule has 0 aromatic carbocycles. The molecule has 0 radical (unpaired) electrons. The standard InChI is InChI=1S/C20H21IN7O/c22-11-18-19(28-9-1-2-10-28)6-5-16(21-27-18)17-7-8-23-20(26-17)25-14-3-4-15(13-29)24-12-14/h3-8,12,16,27,29H,1-2,9-10,13H2,(H,23,25,26)/q-1. The molecule has 8 nitrogen and oxygen atoms in total. The van der Waals surface area contributed by atoms with Gasteiger partial charge in [-0.3, -0.25) is 0 Å². The summed E-state index contributed by atoms with van der Waals surface area (Å²) in [4.78, 5) is 15.4. The number of likely N-dealkylation sites (tertiary alicyclic amines) is 1. The number of nitrogens with zero attached hydrogens (tertiary/aromatic N) is 5. The topological polar surface area (TPSA) is 110 Å². The summed E-state index contributed by atoms with van der Waals surface area (Å²) >= 11 is -0.529. The van der Waals surface area contributed by atoms with Crippen molar-refractivity contribution in [1.29, 1.82) is 5.26 Å².